The molecule has 0 atom stereocenters. The van der Waals surface area contributed by atoms with E-state index >= 15 is 8.78 Å². The molecule has 0 amide bonds. The number of esters is 1. The molecule has 0 bridgehead atoms. The molecule has 2 rings (SSSR count). The summed E-state index contributed by atoms with van der Waals surface area (Å²) in [5, 5.41) is 0.400. The molecule has 0 saturated carbocycles. The Balaban J connectivity index is 2.63. The fourth-order valence-electron chi connectivity index (χ4n) is 2.44. The molecule has 0 spiro atoms. The van der Waals surface area contributed by atoms with Crippen LogP contribution in [0.4, 0.5) is 8.78 Å². The third-order valence-corrected chi connectivity index (χ3v) is 9.40. The molecule has 29 heavy (non-hydrogen) atoms. The highest BCUT2D eigenvalue weighted by Gasteiger charge is 2.57. The number of halogens is 4. The van der Waals surface area contributed by atoms with Gasteiger partial charge in [-0.3, -0.25) is 4.57 Å². The summed E-state index contributed by atoms with van der Waals surface area (Å²) in [6, 6.07) is 3.06. The Morgan fingerprint density at radius 2 is 1.76 bits per heavy atom. The summed E-state index contributed by atoms with van der Waals surface area (Å²) >= 11 is 5.96. The lowest BCUT2D eigenvalue weighted by molar-refractivity contribution is 0.00695. The summed E-state index contributed by atoms with van der Waals surface area (Å²) in [4.78, 5) is 12.0. The molecule has 0 unspecified atom stereocenters. The van der Waals surface area contributed by atoms with Crippen LogP contribution in [0.1, 0.15) is 49.9 Å². The second kappa shape index (κ2) is 9.16. The third-order valence-electron chi connectivity index (χ3n) is 3.53. The molecule has 2 aromatic rings. The molecule has 0 saturated heterocycles. The Bertz CT molecular complexity index is 963. The van der Waals surface area contributed by atoms with Gasteiger partial charge in [-0.15, -0.1) is 11.3 Å². The zero-order chi connectivity index (χ0) is 22.2. The van der Waals surface area contributed by atoms with Gasteiger partial charge in [-0.1, -0.05) is 0 Å². The van der Waals surface area contributed by atoms with E-state index < -0.39 is 29.7 Å². The zero-order valence-corrected chi connectivity index (χ0v) is 21.9. The van der Waals surface area contributed by atoms with Crippen molar-refractivity contribution in [1.29, 1.82) is 0 Å². The number of carbonyl (C=O) groups excluding carboxylic acids is 1. The van der Waals surface area contributed by atoms with Crippen LogP contribution in [-0.2, 0) is 24.0 Å². The average molecular weight is 625 g/mol. The monoisotopic (exact) mass is 624 g/mol. The molecule has 0 aliphatic rings. The standard InChI is InChI=1S/C18H21BrF2IO5PS/c1-6-25-28(24,26-7-2)18(20,21)15-13(19)11-8-10(9-12(22)14(11)29-15)16(23)27-17(3,4)5/h8-9H,6-7H2,1-5H3. The van der Waals surface area contributed by atoms with E-state index in [1.807, 2.05) is 22.6 Å². The van der Waals surface area contributed by atoms with E-state index in [2.05, 4.69) is 15.9 Å². The molecule has 1 aromatic carbocycles. The summed E-state index contributed by atoms with van der Waals surface area (Å²) < 4.78 is 59.6. The predicted molar refractivity (Wildman–Crippen MR) is 122 cm³/mol. The molecular weight excluding hydrogens is 604 g/mol. The predicted octanol–water partition coefficient (Wildman–Crippen LogP) is 7.54. The minimum atomic E-state index is -4.75. The summed E-state index contributed by atoms with van der Waals surface area (Å²) in [5.74, 6) is -0.557. The van der Waals surface area contributed by atoms with Crippen molar-refractivity contribution in [3.05, 3.63) is 30.6 Å². The van der Waals surface area contributed by atoms with Gasteiger partial charge in [0.1, 0.15) is 10.5 Å². The van der Waals surface area contributed by atoms with E-state index in [0.717, 1.165) is 11.3 Å². The molecule has 0 fully saturated rings. The van der Waals surface area contributed by atoms with Gasteiger partial charge < -0.3 is 13.8 Å². The Labute approximate surface area is 194 Å². The number of rotatable bonds is 7. The number of alkyl halides is 2. The number of thiophene rings is 1. The number of carbonyl (C=O) groups is 1. The normalized spacial score (nSPS) is 13.1. The third kappa shape index (κ3) is 5.20. The number of hydrogen-bond donors (Lipinski definition) is 0. The van der Waals surface area contributed by atoms with E-state index in [-0.39, 0.29) is 23.2 Å². The maximum absolute atomic E-state index is 15.3. The Morgan fingerprint density at radius 1 is 1.21 bits per heavy atom. The van der Waals surface area contributed by atoms with Crippen LogP contribution in [0, 0.1) is 3.57 Å². The van der Waals surface area contributed by atoms with Gasteiger partial charge in [-0.2, -0.15) is 8.78 Å². The summed E-state index contributed by atoms with van der Waals surface area (Å²) in [6.07, 6.45) is 0. The molecule has 5 nitrogen and oxygen atoms in total. The number of ether oxygens (including phenoxy) is 1. The minimum Gasteiger partial charge on any atom is -0.456 e. The molecule has 1 heterocycles. The maximum atomic E-state index is 15.3. The van der Waals surface area contributed by atoms with E-state index in [9.17, 15) is 9.36 Å². The van der Waals surface area contributed by atoms with E-state index in [1.165, 1.54) is 19.9 Å². The number of benzene rings is 1. The van der Waals surface area contributed by atoms with Crippen LogP contribution in [0.2, 0.25) is 0 Å². The summed E-state index contributed by atoms with van der Waals surface area (Å²) in [5.41, 5.74) is -4.32. The quantitative estimate of drug-likeness (QED) is 0.181. The van der Waals surface area contributed by atoms with Gasteiger partial charge in [0.05, 0.1) is 18.8 Å². The molecule has 162 valence electrons. The number of fused-ring (bicyclic) bond motifs is 1. The van der Waals surface area contributed by atoms with Crippen molar-refractivity contribution in [2.75, 3.05) is 13.2 Å². The van der Waals surface area contributed by atoms with Crippen molar-refractivity contribution in [2.24, 2.45) is 0 Å². The second-order valence-corrected chi connectivity index (χ2v) is 12.0. The van der Waals surface area contributed by atoms with Crippen molar-refractivity contribution >= 4 is 73.5 Å². The lowest BCUT2D eigenvalue weighted by atomic mass is 10.1. The molecule has 0 N–H and O–H groups in total. The van der Waals surface area contributed by atoms with Crippen LogP contribution in [0.15, 0.2) is 16.6 Å². The fraction of sp³-hybridized carbons (Fsp3) is 0.500. The molecule has 0 radical (unpaired) electrons. The van der Waals surface area contributed by atoms with Crippen LogP contribution in [0.5, 0.6) is 0 Å². The first-order valence-corrected chi connectivity index (χ1v) is 12.9. The molecular formula is C18H21BrF2IO5PS. The van der Waals surface area contributed by atoms with Gasteiger partial charge in [0.15, 0.2) is 0 Å². The topological polar surface area (TPSA) is 61.8 Å². The Hall–Kier alpha value is -0.130. The Morgan fingerprint density at radius 3 is 2.24 bits per heavy atom. The van der Waals surface area contributed by atoms with Gasteiger partial charge in [0.25, 0.3) is 0 Å². The SMILES string of the molecule is CCOP(=O)(OCC)C(F)(F)c1sc2c(I)cc(C(=O)OC(C)(C)C)cc2c1Br. The van der Waals surface area contributed by atoms with Crippen LogP contribution >= 0.6 is 57.5 Å². The van der Waals surface area contributed by atoms with E-state index in [4.69, 9.17) is 13.8 Å². The minimum absolute atomic E-state index is 0.0467. The van der Waals surface area contributed by atoms with Gasteiger partial charge in [0.2, 0.25) is 0 Å². The van der Waals surface area contributed by atoms with E-state index in [0.29, 0.717) is 13.7 Å². The highest BCUT2D eigenvalue weighted by molar-refractivity contribution is 14.1. The van der Waals surface area contributed by atoms with Gasteiger partial charge >= 0.3 is 19.2 Å². The van der Waals surface area contributed by atoms with Gasteiger partial charge in [0, 0.05) is 18.1 Å². The first-order chi connectivity index (χ1) is 13.3. The lowest BCUT2D eigenvalue weighted by Crippen LogP contribution is -2.23. The van der Waals surface area contributed by atoms with Crippen molar-refractivity contribution in [1.82, 2.24) is 0 Å². The van der Waals surface area contributed by atoms with Gasteiger partial charge in [-0.25, -0.2) is 4.79 Å². The molecule has 0 aliphatic heterocycles. The lowest BCUT2D eigenvalue weighted by Gasteiger charge is -2.25. The molecule has 11 heteroatoms. The second-order valence-electron chi connectivity index (χ2n) is 6.96. The average Bonchev–Trinajstić information content (AvgIpc) is 2.92. The van der Waals surface area contributed by atoms with Crippen molar-refractivity contribution in [3.63, 3.8) is 0 Å². The van der Waals surface area contributed by atoms with Crippen molar-refractivity contribution < 1.29 is 31.9 Å². The van der Waals surface area contributed by atoms with Crippen LogP contribution in [0.25, 0.3) is 10.1 Å². The van der Waals surface area contributed by atoms with Crippen LogP contribution in [-0.4, -0.2) is 24.8 Å². The van der Waals surface area contributed by atoms with Gasteiger partial charge in [-0.05, 0) is 85.3 Å². The Kier molecular flexibility index (Phi) is 7.94. The van der Waals surface area contributed by atoms with E-state index in [1.54, 1.807) is 26.8 Å². The first-order valence-electron chi connectivity index (χ1n) is 8.69. The summed E-state index contributed by atoms with van der Waals surface area (Å²) in [6.45, 7) is 7.80. The summed E-state index contributed by atoms with van der Waals surface area (Å²) in [7, 11) is -4.75. The highest BCUT2D eigenvalue weighted by Crippen LogP contribution is 2.69. The molecule has 1 aromatic heterocycles. The van der Waals surface area contributed by atoms with Crippen molar-refractivity contribution in [3.8, 4) is 0 Å². The zero-order valence-electron chi connectivity index (χ0n) is 16.5. The maximum Gasteiger partial charge on any atom is 0.405 e. The highest BCUT2D eigenvalue weighted by atomic mass is 127. The smallest absolute Gasteiger partial charge is 0.405 e. The fourth-order valence-corrected chi connectivity index (χ4v) is 7.35. The van der Waals surface area contributed by atoms with Crippen LogP contribution in [0.3, 0.4) is 0 Å². The first kappa shape index (κ1) is 25.1. The molecule has 0 aliphatic carbocycles. The van der Waals surface area contributed by atoms with Crippen LogP contribution < -0.4 is 0 Å². The number of hydrogen-bond acceptors (Lipinski definition) is 6. The van der Waals surface area contributed by atoms with Crippen molar-refractivity contribution in [2.45, 2.75) is 45.9 Å². The largest absolute Gasteiger partial charge is 0.456 e.